The fourth-order valence-corrected chi connectivity index (χ4v) is 1.98. The number of alkyl halides is 2. The van der Waals surface area contributed by atoms with Gasteiger partial charge in [-0.3, -0.25) is 0 Å². The molecule has 0 aromatic rings. The molecule has 0 spiro atoms. The summed E-state index contributed by atoms with van der Waals surface area (Å²) in [4.78, 5) is 1.97. The molecule has 4 heteroatoms. The van der Waals surface area contributed by atoms with Crippen LogP contribution in [-0.4, -0.2) is 43.2 Å². The van der Waals surface area contributed by atoms with Crippen LogP contribution in [0, 0.1) is 0 Å². The summed E-state index contributed by atoms with van der Waals surface area (Å²) in [5, 5.41) is 0. The molecule has 14 heavy (non-hydrogen) atoms. The maximum Gasteiger partial charge on any atom is 0.265 e. The lowest BCUT2D eigenvalue weighted by Crippen LogP contribution is -2.43. The highest BCUT2D eigenvalue weighted by atomic mass is 19.3. The summed E-state index contributed by atoms with van der Waals surface area (Å²) in [5.74, 6) is 0. The first-order valence-corrected chi connectivity index (χ1v) is 5.16. The summed E-state index contributed by atoms with van der Waals surface area (Å²) < 4.78 is 30.7. The molecule has 0 aromatic heterocycles. The van der Waals surface area contributed by atoms with E-state index in [2.05, 4.69) is 0 Å². The molecule has 1 fully saturated rings. The molecule has 0 amide bonds. The van der Waals surface area contributed by atoms with Gasteiger partial charge >= 0.3 is 0 Å². The average molecular weight is 207 g/mol. The summed E-state index contributed by atoms with van der Waals surface area (Å²) in [7, 11) is 1.89. The fourth-order valence-electron chi connectivity index (χ4n) is 1.98. The first-order valence-electron chi connectivity index (χ1n) is 5.16. The van der Waals surface area contributed by atoms with E-state index in [0.717, 1.165) is 19.4 Å². The predicted molar refractivity (Wildman–Crippen MR) is 51.7 cm³/mol. The summed E-state index contributed by atoms with van der Waals surface area (Å²) in [6.45, 7) is 4.49. The normalized spacial score (nSPS) is 26.4. The zero-order valence-electron chi connectivity index (χ0n) is 9.04. The van der Waals surface area contributed by atoms with E-state index in [4.69, 9.17) is 4.74 Å². The van der Waals surface area contributed by atoms with Gasteiger partial charge in [0.25, 0.3) is 6.43 Å². The first kappa shape index (κ1) is 11.9. The van der Waals surface area contributed by atoms with Crippen molar-refractivity contribution in [3.63, 3.8) is 0 Å². The fraction of sp³-hybridized carbons (Fsp3) is 1.00. The maximum atomic E-state index is 12.7. The molecule has 0 aromatic carbocycles. The van der Waals surface area contributed by atoms with Gasteiger partial charge in [-0.25, -0.2) is 8.78 Å². The van der Waals surface area contributed by atoms with Crippen LogP contribution in [0.2, 0.25) is 0 Å². The smallest absolute Gasteiger partial charge is 0.265 e. The van der Waals surface area contributed by atoms with E-state index >= 15 is 0 Å². The Morgan fingerprint density at radius 2 is 2.00 bits per heavy atom. The topological polar surface area (TPSA) is 12.5 Å². The number of rotatable bonds is 4. The number of hydrogen-bond acceptors (Lipinski definition) is 2. The second-order valence-electron chi connectivity index (χ2n) is 4.17. The maximum absolute atomic E-state index is 12.7. The molecule has 0 N–H and O–H groups in total. The van der Waals surface area contributed by atoms with Crippen LogP contribution < -0.4 is 0 Å². The predicted octanol–water partition coefficient (Wildman–Crippen LogP) is 2.14. The summed E-state index contributed by atoms with van der Waals surface area (Å²) >= 11 is 0. The third-order valence-corrected chi connectivity index (χ3v) is 2.63. The van der Waals surface area contributed by atoms with Crippen molar-refractivity contribution < 1.29 is 13.5 Å². The number of nitrogens with zero attached hydrogens (tertiary/aromatic N) is 1. The quantitative estimate of drug-likeness (QED) is 0.700. The monoisotopic (exact) mass is 207 g/mol. The molecule has 2 atom stereocenters. The van der Waals surface area contributed by atoms with E-state index in [0.29, 0.717) is 0 Å². The Morgan fingerprint density at radius 1 is 1.36 bits per heavy atom. The van der Waals surface area contributed by atoms with Crippen LogP contribution in [0.15, 0.2) is 0 Å². The third-order valence-electron chi connectivity index (χ3n) is 2.63. The first-order chi connectivity index (χ1) is 6.52. The number of halogens is 2. The van der Waals surface area contributed by atoms with Gasteiger partial charge in [0, 0.05) is 6.04 Å². The van der Waals surface area contributed by atoms with Crippen LogP contribution in [-0.2, 0) is 4.74 Å². The standard InChI is InChI=1S/C10H19F2NO/c1-7(2)14-9(10(11)12)8-5-4-6-13(8)3/h7-10H,4-6H2,1-3H3/t8-,9+/m0/s1. The minimum atomic E-state index is -2.39. The highest BCUT2D eigenvalue weighted by molar-refractivity contribution is 4.85. The van der Waals surface area contributed by atoms with Crippen LogP contribution in [0.1, 0.15) is 26.7 Å². The second-order valence-corrected chi connectivity index (χ2v) is 4.17. The van der Waals surface area contributed by atoms with Gasteiger partial charge in [-0.2, -0.15) is 0 Å². The van der Waals surface area contributed by atoms with Gasteiger partial charge in [0.15, 0.2) is 0 Å². The van der Waals surface area contributed by atoms with Gasteiger partial charge in [0.1, 0.15) is 6.10 Å². The highest BCUT2D eigenvalue weighted by Gasteiger charge is 2.36. The lowest BCUT2D eigenvalue weighted by molar-refractivity contribution is -0.109. The number of ether oxygens (including phenoxy) is 1. The van der Waals surface area contributed by atoms with Gasteiger partial charge in [-0.1, -0.05) is 0 Å². The summed E-state index contributed by atoms with van der Waals surface area (Å²) in [6.07, 6.45) is -1.64. The van der Waals surface area contributed by atoms with Gasteiger partial charge < -0.3 is 9.64 Å². The minimum absolute atomic E-state index is 0.114. The van der Waals surface area contributed by atoms with E-state index in [1.807, 2.05) is 11.9 Å². The Labute approximate surface area is 84.2 Å². The van der Waals surface area contributed by atoms with Gasteiger partial charge in [0.2, 0.25) is 0 Å². The number of hydrogen-bond donors (Lipinski definition) is 0. The molecule has 1 saturated heterocycles. The lowest BCUT2D eigenvalue weighted by atomic mass is 10.1. The molecule has 0 bridgehead atoms. The van der Waals surface area contributed by atoms with Crippen molar-refractivity contribution in [1.82, 2.24) is 4.90 Å². The van der Waals surface area contributed by atoms with Crippen LogP contribution in [0.4, 0.5) is 8.78 Å². The van der Waals surface area contributed by atoms with Crippen molar-refractivity contribution >= 4 is 0 Å². The zero-order valence-corrected chi connectivity index (χ0v) is 9.04. The van der Waals surface area contributed by atoms with E-state index in [1.54, 1.807) is 13.8 Å². The van der Waals surface area contributed by atoms with Crippen molar-refractivity contribution in [3.8, 4) is 0 Å². The highest BCUT2D eigenvalue weighted by Crippen LogP contribution is 2.24. The van der Waals surface area contributed by atoms with E-state index in [-0.39, 0.29) is 12.1 Å². The summed E-state index contributed by atoms with van der Waals surface area (Å²) in [6, 6.07) is -0.114. The Hall–Kier alpha value is -0.220. The largest absolute Gasteiger partial charge is 0.368 e. The van der Waals surface area contributed by atoms with Crippen LogP contribution >= 0.6 is 0 Å². The van der Waals surface area contributed by atoms with E-state index < -0.39 is 12.5 Å². The van der Waals surface area contributed by atoms with Gasteiger partial charge in [-0.05, 0) is 40.3 Å². The molecular weight excluding hydrogens is 188 g/mol. The molecule has 1 rings (SSSR count). The molecule has 0 aliphatic carbocycles. The summed E-state index contributed by atoms with van der Waals surface area (Å²) in [5.41, 5.74) is 0. The molecular formula is C10H19F2NO. The number of likely N-dealkylation sites (tertiary alicyclic amines) is 1. The van der Waals surface area contributed by atoms with Crippen molar-refractivity contribution in [1.29, 1.82) is 0 Å². The molecule has 2 nitrogen and oxygen atoms in total. The molecule has 1 heterocycles. The molecule has 84 valence electrons. The average Bonchev–Trinajstić information content (AvgIpc) is 2.46. The molecule has 0 radical (unpaired) electrons. The van der Waals surface area contributed by atoms with Gasteiger partial charge in [0.05, 0.1) is 6.10 Å². The number of likely N-dealkylation sites (N-methyl/N-ethyl adjacent to an activating group) is 1. The van der Waals surface area contributed by atoms with Crippen molar-refractivity contribution in [2.24, 2.45) is 0 Å². The molecule has 0 saturated carbocycles. The lowest BCUT2D eigenvalue weighted by Gasteiger charge is -2.29. The zero-order chi connectivity index (χ0) is 10.7. The van der Waals surface area contributed by atoms with Gasteiger partial charge in [-0.15, -0.1) is 0 Å². The second kappa shape index (κ2) is 5.03. The van der Waals surface area contributed by atoms with Crippen LogP contribution in [0.5, 0.6) is 0 Å². The Balaban J connectivity index is 2.57. The minimum Gasteiger partial charge on any atom is -0.368 e. The van der Waals surface area contributed by atoms with Crippen molar-refractivity contribution in [2.45, 2.75) is 51.4 Å². The van der Waals surface area contributed by atoms with E-state index in [9.17, 15) is 8.78 Å². The van der Waals surface area contributed by atoms with Crippen LogP contribution in [0.3, 0.4) is 0 Å². The van der Waals surface area contributed by atoms with Crippen molar-refractivity contribution in [2.75, 3.05) is 13.6 Å². The molecule has 1 aliphatic heterocycles. The third kappa shape index (κ3) is 2.89. The SMILES string of the molecule is CC(C)O[C@@H](C(F)F)[C@@H]1CCCN1C. The van der Waals surface area contributed by atoms with Crippen molar-refractivity contribution in [3.05, 3.63) is 0 Å². The Bertz CT molecular complexity index is 176. The van der Waals surface area contributed by atoms with Crippen LogP contribution in [0.25, 0.3) is 0 Å². The molecule has 1 aliphatic rings. The Kier molecular flexibility index (Phi) is 4.26. The Morgan fingerprint density at radius 3 is 2.36 bits per heavy atom. The molecule has 0 unspecified atom stereocenters. The van der Waals surface area contributed by atoms with E-state index in [1.165, 1.54) is 0 Å².